The Morgan fingerprint density at radius 3 is 2.20 bits per heavy atom. The third kappa shape index (κ3) is 12.8. The summed E-state index contributed by atoms with van der Waals surface area (Å²) in [5.41, 5.74) is 11.1. The highest BCUT2D eigenvalue weighted by atomic mass is 31.3. The summed E-state index contributed by atoms with van der Waals surface area (Å²) < 4.78 is 67.9. The lowest BCUT2D eigenvalue weighted by Gasteiger charge is -2.26. The van der Waals surface area contributed by atoms with E-state index in [2.05, 4.69) is 32.8 Å². The number of phosphoric ester groups is 3. The van der Waals surface area contributed by atoms with E-state index in [1.54, 1.807) is 0 Å². The van der Waals surface area contributed by atoms with Crippen LogP contribution >= 0.6 is 23.5 Å². The van der Waals surface area contributed by atoms with E-state index in [0.717, 1.165) is 17.2 Å². The molecule has 0 aliphatic carbocycles. The van der Waals surface area contributed by atoms with Gasteiger partial charge in [-0.25, -0.2) is 33.2 Å². The monoisotopic (exact) mass is 939 g/mol. The summed E-state index contributed by atoms with van der Waals surface area (Å²) in [5.74, 6) is -2.59. The number of aliphatic carboxylic acids is 1. The van der Waals surface area contributed by atoms with Crippen LogP contribution in [0.3, 0.4) is 0 Å². The molecule has 34 heteroatoms. The highest BCUT2D eigenvalue weighted by Crippen LogP contribution is 2.58. The lowest BCUT2D eigenvalue weighted by molar-refractivity contribution is -0.765. The number of nitrogens with two attached hydrogens (primary N) is 2. The van der Waals surface area contributed by atoms with E-state index >= 15 is 0 Å². The number of rotatable bonds is 18. The molecule has 2 fully saturated rings. The number of phosphoric acid groups is 3. The maximum absolute atomic E-state index is 12.5. The van der Waals surface area contributed by atoms with Crippen LogP contribution < -0.4 is 20.9 Å². The van der Waals surface area contributed by atoms with Gasteiger partial charge in [0.05, 0.1) is 26.1 Å². The van der Waals surface area contributed by atoms with Crippen molar-refractivity contribution in [1.29, 1.82) is 0 Å². The third-order valence-electron chi connectivity index (χ3n) is 8.48. The quantitative estimate of drug-likeness (QED) is 0.0416. The number of hydrogen-bond acceptors (Lipinski definition) is 24. The Morgan fingerprint density at radius 2 is 1.59 bits per heavy atom. The SMILES string of the molecule is NC(=O)c1ccc[n+]([C@@H]2O[C@H](COP(=O)([O-])OP(=O)(O)OC[C@H]3O[C@@H](n4cnc5c(N)ncnc54)[C@H](OP(=O)(O)O)[C@@H]3O)[C@@H](O)[C@H]2O)c1.O=C(O)[C@H](O)[C@@H](O)[C@H](O)[C@H](O)CO. The average Bonchev–Trinajstić information content (AvgIpc) is 3.84. The van der Waals surface area contributed by atoms with Crippen molar-refractivity contribution >= 4 is 52.3 Å². The molecule has 2 unspecified atom stereocenters. The van der Waals surface area contributed by atoms with Gasteiger partial charge < -0.3 is 91.0 Å². The first-order chi connectivity index (χ1) is 28.3. The van der Waals surface area contributed by atoms with E-state index in [0.29, 0.717) is 0 Å². The minimum absolute atomic E-state index is 0.00541. The number of primary amides is 1. The highest BCUT2D eigenvalue weighted by molar-refractivity contribution is 7.60. The van der Waals surface area contributed by atoms with Gasteiger partial charge in [0.25, 0.3) is 20.0 Å². The first-order valence-electron chi connectivity index (χ1n) is 16.8. The van der Waals surface area contributed by atoms with Crippen molar-refractivity contribution in [3.8, 4) is 0 Å². The molecule has 2 saturated heterocycles. The summed E-state index contributed by atoms with van der Waals surface area (Å²) in [5, 5.41) is 83.3. The molecule has 0 radical (unpaired) electrons. The number of aliphatic hydroxyl groups is 8. The molecule has 5 heterocycles. The maximum Gasteiger partial charge on any atom is 0.478 e. The number of aliphatic hydroxyl groups excluding tert-OH is 8. The van der Waals surface area contributed by atoms with Crippen molar-refractivity contribution in [3.05, 3.63) is 42.7 Å². The van der Waals surface area contributed by atoms with Crippen molar-refractivity contribution in [2.75, 3.05) is 25.6 Å². The molecule has 0 spiro atoms. The number of amides is 1. The second-order valence-electron chi connectivity index (χ2n) is 12.8. The molecule has 61 heavy (non-hydrogen) atoms. The number of carboxylic acids is 1. The smallest absolute Gasteiger partial charge is 0.478 e. The van der Waals surface area contributed by atoms with Crippen LogP contribution in [0.2, 0.25) is 0 Å². The zero-order chi connectivity index (χ0) is 45.8. The Hall–Kier alpha value is -3.59. The van der Waals surface area contributed by atoms with Gasteiger partial charge in [0, 0.05) is 6.07 Å². The summed E-state index contributed by atoms with van der Waals surface area (Å²) in [6.07, 6.45) is -16.4. The number of carbonyl (C=O) groups excluding carboxylic acids is 1. The van der Waals surface area contributed by atoms with Gasteiger partial charge in [-0.05, 0) is 6.07 Å². The van der Waals surface area contributed by atoms with Crippen LogP contribution in [-0.4, -0.2) is 173 Å². The first kappa shape index (κ1) is 50.1. The Bertz CT molecular complexity index is 2150. The number of imidazole rings is 1. The van der Waals surface area contributed by atoms with Gasteiger partial charge in [0.2, 0.25) is 0 Å². The molecule has 16 N–H and O–H groups in total. The molecule has 1 amide bonds. The number of fused-ring (bicyclic) bond motifs is 1. The van der Waals surface area contributed by atoms with Crippen LogP contribution in [0, 0.1) is 0 Å². The van der Waals surface area contributed by atoms with Crippen LogP contribution in [0.5, 0.6) is 0 Å². The summed E-state index contributed by atoms with van der Waals surface area (Å²) in [6.45, 7) is -2.97. The lowest BCUT2D eigenvalue weighted by Crippen LogP contribution is -2.48. The van der Waals surface area contributed by atoms with E-state index in [-0.39, 0.29) is 22.5 Å². The number of nitrogen functional groups attached to an aromatic ring is 1. The fourth-order valence-electron chi connectivity index (χ4n) is 5.49. The second-order valence-corrected chi connectivity index (χ2v) is 16.9. The Kier molecular flexibility index (Phi) is 16.6. The largest absolute Gasteiger partial charge is 0.756 e. The van der Waals surface area contributed by atoms with Crippen LogP contribution in [0.15, 0.2) is 37.2 Å². The molecule has 14 atom stereocenters. The standard InChI is InChI=1S/C21H28N7O17P3.C6H12O7/c22-17-12-19(25-7-24-17)28(8-26-12)21-16(44-46(33,34)35)14(30)11(43-21)6-41-48(38,39)45-47(36,37)40-5-10-13(29)15(31)20(42-10)27-3-1-2-9(4-27)18(23)32;7-1-2(8)3(9)4(10)5(11)6(12)13/h1-4,7-8,10-11,13-16,20-21,29-31H,5-6H2,(H7-,22,23,24,25,32,33,34,35,36,37,38,39);2-5,7-11H,1H2,(H,12,13)/t10-,11-,13-,14-,15-,16-,20-,21-;2-,3-,4+,5-/m11/s1. The lowest BCUT2D eigenvalue weighted by atomic mass is 10.0. The van der Waals surface area contributed by atoms with Gasteiger partial charge in [-0.3, -0.25) is 23.0 Å². The average molecular weight is 940 g/mol. The molecule has 2 aliphatic heterocycles. The zero-order valence-electron chi connectivity index (χ0n) is 30.5. The van der Waals surface area contributed by atoms with Crippen LogP contribution in [0.1, 0.15) is 22.8 Å². The van der Waals surface area contributed by atoms with E-state index in [1.165, 1.54) is 29.1 Å². The van der Waals surface area contributed by atoms with Crippen LogP contribution in [-0.2, 0) is 45.8 Å². The summed E-state index contributed by atoms with van der Waals surface area (Å²) in [6, 6.07) is 2.77. The van der Waals surface area contributed by atoms with Gasteiger partial charge >= 0.3 is 21.6 Å². The van der Waals surface area contributed by atoms with Crippen molar-refractivity contribution in [2.24, 2.45) is 5.73 Å². The number of ether oxygens (including phenoxy) is 2. The topological polar surface area (TPSA) is 506 Å². The van der Waals surface area contributed by atoms with Gasteiger partial charge in [0.15, 0.2) is 42.3 Å². The summed E-state index contributed by atoms with van der Waals surface area (Å²) >= 11 is 0. The summed E-state index contributed by atoms with van der Waals surface area (Å²) in [7, 11) is -16.6. The Labute approximate surface area is 340 Å². The molecule has 342 valence electrons. The second kappa shape index (κ2) is 20.3. The van der Waals surface area contributed by atoms with Gasteiger partial charge in [-0.2, -0.15) is 4.57 Å². The maximum atomic E-state index is 12.5. The van der Waals surface area contributed by atoms with Crippen molar-refractivity contribution < 1.29 is 121 Å². The Balaban J connectivity index is 0.000000544. The molecular formula is C27H40N7O24P3. The minimum Gasteiger partial charge on any atom is -0.756 e. The molecule has 3 aromatic rings. The fourth-order valence-corrected chi connectivity index (χ4v) is 8.09. The number of carboxylic acid groups (broad SMARTS) is 1. The van der Waals surface area contributed by atoms with Crippen molar-refractivity contribution in [1.82, 2.24) is 19.5 Å². The molecule has 0 bridgehead atoms. The van der Waals surface area contributed by atoms with Crippen LogP contribution in [0.25, 0.3) is 11.2 Å². The van der Waals surface area contributed by atoms with E-state index < -0.39 is 129 Å². The third-order valence-corrected chi connectivity index (χ3v) is 11.6. The molecule has 5 rings (SSSR count). The van der Waals surface area contributed by atoms with E-state index in [1.807, 2.05) is 0 Å². The number of aromatic nitrogens is 5. The van der Waals surface area contributed by atoms with Gasteiger partial charge in [-0.15, -0.1) is 0 Å². The normalized spacial score (nSPS) is 28.2. The number of hydrogen-bond donors (Lipinski definition) is 14. The number of anilines is 1. The van der Waals surface area contributed by atoms with Crippen molar-refractivity contribution in [3.63, 3.8) is 0 Å². The molecule has 3 aromatic heterocycles. The highest BCUT2D eigenvalue weighted by Gasteiger charge is 2.51. The van der Waals surface area contributed by atoms with E-state index in [4.69, 9.17) is 51.6 Å². The van der Waals surface area contributed by atoms with Gasteiger partial charge in [0.1, 0.15) is 66.2 Å². The number of pyridine rings is 1. The summed E-state index contributed by atoms with van der Waals surface area (Å²) in [4.78, 5) is 74.5. The number of nitrogens with zero attached hydrogens (tertiary/aromatic N) is 5. The zero-order valence-corrected chi connectivity index (χ0v) is 33.2. The van der Waals surface area contributed by atoms with Crippen LogP contribution in [0.4, 0.5) is 5.82 Å². The van der Waals surface area contributed by atoms with Gasteiger partial charge in [-0.1, -0.05) is 0 Å². The van der Waals surface area contributed by atoms with Crippen molar-refractivity contribution in [2.45, 2.75) is 73.5 Å². The predicted octanol–water partition coefficient (Wildman–Crippen LogP) is -7.02. The molecule has 0 aromatic carbocycles. The fraction of sp³-hybridized carbons (Fsp3) is 0.556. The number of carbonyl (C=O) groups is 2. The molecule has 2 aliphatic rings. The molecule has 0 saturated carbocycles. The van der Waals surface area contributed by atoms with E-state index in [9.17, 15) is 58.2 Å². The Morgan fingerprint density at radius 1 is 0.951 bits per heavy atom. The molecular weight excluding hydrogens is 899 g/mol. The first-order valence-corrected chi connectivity index (χ1v) is 21.3. The molecule has 31 nitrogen and oxygen atoms in total. The minimum atomic E-state index is -5.72. The predicted molar refractivity (Wildman–Crippen MR) is 187 cm³/mol.